The largest absolute Gasteiger partial charge is 0.465 e. The molecule has 0 aliphatic carbocycles. The molecule has 0 aliphatic heterocycles. The lowest BCUT2D eigenvalue weighted by molar-refractivity contribution is 0.0600. The summed E-state index contributed by atoms with van der Waals surface area (Å²) >= 11 is 0. The van der Waals surface area contributed by atoms with Crippen molar-refractivity contribution >= 4 is 27.6 Å². The van der Waals surface area contributed by atoms with E-state index in [-0.39, 0.29) is 16.8 Å². The van der Waals surface area contributed by atoms with E-state index >= 15 is 0 Å². The quantitative estimate of drug-likeness (QED) is 0.747. The van der Waals surface area contributed by atoms with Crippen LogP contribution in [-0.2, 0) is 14.8 Å². The average Bonchev–Trinajstić information content (AvgIpc) is 2.68. The summed E-state index contributed by atoms with van der Waals surface area (Å²) < 4.78 is 30.9. The zero-order valence-corrected chi connectivity index (χ0v) is 17.3. The van der Waals surface area contributed by atoms with E-state index in [1.165, 1.54) is 42.7 Å². The SMILES string of the molecule is COC(=O)c1ccc(NC(=O)c2ccc(S(=O)(=O)N(C)C(C)C)cc2)c(C)c1. The highest BCUT2D eigenvalue weighted by molar-refractivity contribution is 7.89. The van der Waals surface area contributed by atoms with Crippen molar-refractivity contribution in [1.29, 1.82) is 0 Å². The number of methoxy groups -OCH3 is 1. The molecule has 28 heavy (non-hydrogen) atoms. The Labute approximate surface area is 165 Å². The maximum absolute atomic E-state index is 12.5. The van der Waals surface area contributed by atoms with Crippen LogP contribution in [0.25, 0.3) is 0 Å². The molecule has 0 saturated heterocycles. The second-order valence-corrected chi connectivity index (χ2v) is 8.61. The molecule has 0 bridgehead atoms. The summed E-state index contributed by atoms with van der Waals surface area (Å²) in [6, 6.07) is 10.4. The molecule has 0 aliphatic rings. The molecule has 1 N–H and O–H groups in total. The highest BCUT2D eigenvalue weighted by Crippen LogP contribution is 2.20. The number of sulfonamides is 1. The van der Waals surface area contributed by atoms with Crippen molar-refractivity contribution in [2.75, 3.05) is 19.5 Å². The lowest BCUT2D eigenvalue weighted by Gasteiger charge is -2.21. The van der Waals surface area contributed by atoms with E-state index in [1.54, 1.807) is 39.0 Å². The Morgan fingerprint density at radius 2 is 1.61 bits per heavy atom. The van der Waals surface area contributed by atoms with Crippen LogP contribution in [0.2, 0.25) is 0 Å². The van der Waals surface area contributed by atoms with Crippen LogP contribution < -0.4 is 5.32 Å². The molecule has 2 aromatic rings. The first kappa shape index (κ1) is 21.6. The zero-order chi connectivity index (χ0) is 21.1. The number of anilines is 1. The number of amides is 1. The number of hydrogen-bond acceptors (Lipinski definition) is 5. The number of aryl methyl sites for hydroxylation is 1. The van der Waals surface area contributed by atoms with Gasteiger partial charge >= 0.3 is 5.97 Å². The molecule has 7 nitrogen and oxygen atoms in total. The highest BCUT2D eigenvalue weighted by Gasteiger charge is 2.23. The monoisotopic (exact) mass is 404 g/mol. The van der Waals surface area contributed by atoms with E-state index in [0.717, 1.165) is 0 Å². The molecule has 0 atom stereocenters. The third-order valence-corrected chi connectivity index (χ3v) is 6.46. The van der Waals surface area contributed by atoms with Gasteiger partial charge in [-0.05, 0) is 68.8 Å². The van der Waals surface area contributed by atoms with Crippen LogP contribution in [-0.4, -0.2) is 44.8 Å². The van der Waals surface area contributed by atoms with E-state index < -0.39 is 16.0 Å². The van der Waals surface area contributed by atoms with Crippen LogP contribution in [0.1, 0.15) is 40.1 Å². The van der Waals surface area contributed by atoms with Gasteiger partial charge in [-0.15, -0.1) is 0 Å². The Kier molecular flexibility index (Phi) is 6.58. The Morgan fingerprint density at radius 1 is 1.04 bits per heavy atom. The number of ether oxygens (including phenoxy) is 1. The molecule has 8 heteroatoms. The van der Waals surface area contributed by atoms with Crippen LogP contribution >= 0.6 is 0 Å². The molecule has 0 heterocycles. The van der Waals surface area contributed by atoms with Gasteiger partial charge in [-0.3, -0.25) is 4.79 Å². The minimum absolute atomic E-state index is 0.124. The predicted octanol–water partition coefficient (Wildman–Crippen LogP) is 3.06. The Balaban J connectivity index is 2.19. The second-order valence-electron chi connectivity index (χ2n) is 6.61. The molecule has 0 spiro atoms. The maximum Gasteiger partial charge on any atom is 0.337 e. The summed E-state index contributed by atoms with van der Waals surface area (Å²) in [5.74, 6) is -0.834. The summed E-state index contributed by atoms with van der Waals surface area (Å²) in [5.41, 5.74) is 1.97. The molecule has 0 unspecified atom stereocenters. The fourth-order valence-electron chi connectivity index (χ4n) is 2.47. The number of esters is 1. The number of nitrogens with one attached hydrogen (secondary N) is 1. The van der Waals surface area contributed by atoms with Crippen LogP contribution in [0.15, 0.2) is 47.4 Å². The minimum Gasteiger partial charge on any atom is -0.465 e. The Hall–Kier alpha value is -2.71. The van der Waals surface area contributed by atoms with E-state index in [9.17, 15) is 18.0 Å². The topological polar surface area (TPSA) is 92.8 Å². The summed E-state index contributed by atoms with van der Waals surface area (Å²) in [4.78, 5) is 24.2. The maximum atomic E-state index is 12.5. The first-order valence-corrected chi connectivity index (χ1v) is 10.1. The van der Waals surface area contributed by atoms with E-state index in [0.29, 0.717) is 22.4 Å². The number of hydrogen-bond donors (Lipinski definition) is 1. The summed E-state index contributed by atoms with van der Waals surface area (Å²) in [7, 11) is -0.787. The van der Waals surface area contributed by atoms with E-state index in [2.05, 4.69) is 10.1 Å². The third kappa shape index (κ3) is 4.58. The standard InChI is InChI=1S/C20H24N2O5S/c1-13(2)22(4)28(25,26)17-9-6-15(7-10-17)19(23)21-18-11-8-16(12-14(18)3)20(24)27-5/h6-13H,1-5H3,(H,21,23). The molecule has 0 radical (unpaired) electrons. The van der Waals surface area contributed by atoms with Gasteiger partial charge in [-0.2, -0.15) is 4.31 Å². The minimum atomic E-state index is -3.60. The molecule has 0 aromatic heterocycles. The fraction of sp³-hybridized carbons (Fsp3) is 0.300. The Morgan fingerprint density at radius 3 is 2.11 bits per heavy atom. The van der Waals surface area contributed by atoms with Crippen molar-refractivity contribution in [3.8, 4) is 0 Å². The van der Waals surface area contributed by atoms with Gasteiger partial charge in [-0.25, -0.2) is 13.2 Å². The van der Waals surface area contributed by atoms with Gasteiger partial charge in [-0.1, -0.05) is 0 Å². The molecule has 150 valence electrons. The number of carbonyl (C=O) groups is 2. The van der Waals surface area contributed by atoms with E-state index in [4.69, 9.17) is 0 Å². The van der Waals surface area contributed by atoms with Gasteiger partial charge in [0.1, 0.15) is 0 Å². The molecule has 0 saturated carbocycles. The summed E-state index contributed by atoms with van der Waals surface area (Å²) in [6.45, 7) is 5.33. The first-order valence-electron chi connectivity index (χ1n) is 8.66. The molecular formula is C20H24N2O5S. The molecule has 0 fully saturated rings. The van der Waals surface area contributed by atoms with Crippen LogP contribution in [0, 0.1) is 6.92 Å². The number of carbonyl (C=O) groups excluding carboxylic acids is 2. The normalized spacial score (nSPS) is 11.5. The van der Waals surface area contributed by atoms with Gasteiger partial charge in [0.25, 0.3) is 5.91 Å². The molecule has 1 amide bonds. The molecular weight excluding hydrogens is 380 g/mol. The van der Waals surface area contributed by atoms with Gasteiger partial charge in [0.05, 0.1) is 17.6 Å². The zero-order valence-electron chi connectivity index (χ0n) is 16.5. The van der Waals surface area contributed by atoms with Gasteiger partial charge in [0.15, 0.2) is 0 Å². The summed E-state index contributed by atoms with van der Waals surface area (Å²) in [6.07, 6.45) is 0. The van der Waals surface area contributed by atoms with Gasteiger partial charge < -0.3 is 10.1 Å². The van der Waals surface area contributed by atoms with Gasteiger partial charge in [0.2, 0.25) is 10.0 Å². The Bertz CT molecular complexity index is 982. The lowest BCUT2D eigenvalue weighted by Crippen LogP contribution is -2.33. The molecule has 2 rings (SSSR count). The smallest absolute Gasteiger partial charge is 0.337 e. The van der Waals surface area contributed by atoms with Crippen LogP contribution in [0.3, 0.4) is 0 Å². The number of nitrogens with zero attached hydrogens (tertiary/aromatic N) is 1. The predicted molar refractivity (Wildman–Crippen MR) is 107 cm³/mol. The number of rotatable bonds is 6. The van der Waals surface area contributed by atoms with Crippen molar-refractivity contribution < 1.29 is 22.7 Å². The fourth-order valence-corrected chi connectivity index (χ4v) is 3.83. The van der Waals surface area contributed by atoms with Crippen molar-refractivity contribution in [3.05, 3.63) is 59.2 Å². The number of benzene rings is 2. The van der Waals surface area contributed by atoms with Crippen LogP contribution in [0.4, 0.5) is 5.69 Å². The van der Waals surface area contributed by atoms with Crippen LogP contribution in [0.5, 0.6) is 0 Å². The average molecular weight is 404 g/mol. The van der Waals surface area contributed by atoms with Crippen molar-refractivity contribution in [1.82, 2.24) is 4.31 Å². The van der Waals surface area contributed by atoms with Gasteiger partial charge in [0, 0.05) is 24.3 Å². The molecule has 2 aromatic carbocycles. The first-order chi connectivity index (χ1) is 13.1. The lowest BCUT2D eigenvalue weighted by atomic mass is 10.1. The van der Waals surface area contributed by atoms with Crippen molar-refractivity contribution in [3.63, 3.8) is 0 Å². The summed E-state index contributed by atoms with van der Waals surface area (Å²) in [5, 5.41) is 2.76. The highest BCUT2D eigenvalue weighted by atomic mass is 32.2. The van der Waals surface area contributed by atoms with Crippen molar-refractivity contribution in [2.24, 2.45) is 0 Å². The second kappa shape index (κ2) is 8.53. The third-order valence-electron chi connectivity index (χ3n) is 4.42. The van der Waals surface area contributed by atoms with Crippen molar-refractivity contribution in [2.45, 2.75) is 31.7 Å². The van der Waals surface area contributed by atoms with E-state index in [1.807, 2.05) is 0 Å².